The fourth-order valence-electron chi connectivity index (χ4n) is 3.31. The molecule has 0 aromatic carbocycles. The summed E-state index contributed by atoms with van der Waals surface area (Å²) in [6.07, 6.45) is 7.42. The molecule has 1 unspecified atom stereocenters. The molecule has 108 valence electrons. The quantitative estimate of drug-likeness (QED) is 0.839. The van der Waals surface area contributed by atoms with Crippen LogP contribution in [0.1, 0.15) is 52.9 Å². The lowest BCUT2D eigenvalue weighted by Gasteiger charge is -2.41. The normalized spacial score (nSPS) is 28.1. The maximum Gasteiger partial charge on any atom is 0.154 e. The van der Waals surface area contributed by atoms with Gasteiger partial charge in [0.2, 0.25) is 0 Å². The molecule has 0 aliphatic heterocycles. The minimum absolute atomic E-state index is 0.0605. The van der Waals surface area contributed by atoms with E-state index in [0.29, 0.717) is 5.92 Å². The van der Waals surface area contributed by atoms with Crippen LogP contribution in [0.5, 0.6) is 0 Å². The van der Waals surface area contributed by atoms with Crippen molar-refractivity contribution in [1.29, 1.82) is 0 Å². The van der Waals surface area contributed by atoms with Crippen LogP contribution in [0.2, 0.25) is 0 Å². The summed E-state index contributed by atoms with van der Waals surface area (Å²) in [7, 11) is -1.15. The minimum atomic E-state index is -3.04. The standard InChI is InChI=1S/C14H29NO2S/c1-6-11-7-9-12(10-8-11)13(15-4)14(2,3)18(5,16)17/h11-13,15H,6-10H2,1-5H3. The zero-order chi connectivity index (χ0) is 14.0. The van der Waals surface area contributed by atoms with Crippen molar-refractivity contribution in [3.05, 3.63) is 0 Å². The van der Waals surface area contributed by atoms with Crippen LogP contribution in [0.25, 0.3) is 0 Å². The highest BCUT2D eigenvalue weighted by molar-refractivity contribution is 7.92. The first-order chi connectivity index (χ1) is 8.24. The minimum Gasteiger partial charge on any atom is -0.315 e. The lowest BCUT2D eigenvalue weighted by atomic mass is 9.75. The number of hydrogen-bond donors (Lipinski definition) is 1. The molecular formula is C14H29NO2S. The summed E-state index contributed by atoms with van der Waals surface area (Å²) in [5.74, 6) is 1.34. The molecule has 0 heterocycles. The molecular weight excluding hydrogens is 246 g/mol. The largest absolute Gasteiger partial charge is 0.315 e. The Kier molecular flexibility index (Phi) is 5.24. The molecule has 1 aliphatic rings. The van der Waals surface area contributed by atoms with Crippen molar-refractivity contribution in [1.82, 2.24) is 5.32 Å². The second kappa shape index (κ2) is 5.91. The topological polar surface area (TPSA) is 46.2 Å². The average Bonchev–Trinajstić information content (AvgIpc) is 2.29. The lowest BCUT2D eigenvalue weighted by molar-refractivity contribution is 0.201. The predicted octanol–water partition coefficient (Wildman–Crippen LogP) is 2.61. The number of rotatable bonds is 5. The highest BCUT2D eigenvalue weighted by Crippen LogP contribution is 2.37. The first-order valence-electron chi connectivity index (χ1n) is 7.10. The molecule has 1 aliphatic carbocycles. The van der Waals surface area contributed by atoms with E-state index in [0.717, 1.165) is 18.8 Å². The van der Waals surface area contributed by atoms with Gasteiger partial charge in [-0.2, -0.15) is 0 Å². The van der Waals surface area contributed by atoms with Crippen molar-refractivity contribution in [3.8, 4) is 0 Å². The van der Waals surface area contributed by atoms with Gasteiger partial charge in [-0.25, -0.2) is 8.42 Å². The Morgan fingerprint density at radius 3 is 2.06 bits per heavy atom. The Bertz CT molecular complexity index is 354. The van der Waals surface area contributed by atoms with E-state index < -0.39 is 14.6 Å². The van der Waals surface area contributed by atoms with E-state index >= 15 is 0 Å². The Balaban J connectivity index is 2.80. The Labute approximate surface area is 113 Å². The van der Waals surface area contributed by atoms with Crippen LogP contribution in [-0.4, -0.2) is 32.5 Å². The Morgan fingerprint density at radius 1 is 1.22 bits per heavy atom. The molecule has 0 aromatic heterocycles. The van der Waals surface area contributed by atoms with Crippen molar-refractivity contribution >= 4 is 9.84 Å². The van der Waals surface area contributed by atoms with Gasteiger partial charge in [0, 0.05) is 12.3 Å². The van der Waals surface area contributed by atoms with E-state index in [2.05, 4.69) is 12.2 Å². The van der Waals surface area contributed by atoms with Crippen LogP contribution >= 0.6 is 0 Å². The van der Waals surface area contributed by atoms with Crippen LogP contribution in [-0.2, 0) is 9.84 Å². The van der Waals surface area contributed by atoms with Crippen LogP contribution in [0.4, 0.5) is 0 Å². The number of sulfone groups is 1. The molecule has 0 radical (unpaired) electrons. The zero-order valence-electron chi connectivity index (χ0n) is 12.5. The van der Waals surface area contributed by atoms with Crippen molar-refractivity contribution < 1.29 is 8.42 Å². The third-order valence-corrected chi connectivity index (χ3v) is 7.12. The van der Waals surface area contributed by atoms with Crippen LogP contribution in [0, 0.1) is 11.8 Å². The fourth-order valence-corrected chi connectivity index (χ4v) is 4.08. The second-order valence-electron chi connectivity index (χ2n) is 6.33. The molecule has 1 atom stereocenters. The first kappa shape index (κ1) is 16.0. The number of nitrogens with one attached hydrogen (secondary N) is 1. The second-order valence-corrected chi connectivity index (χ2v) is 8.93. The summed E-state index contributed by atoms with van der Waals surface area (Å²) in [4.78, 5) is 0. The fraction of sp³-hybridized carbons (Fsp3) is 1.00. The highest BCUT2D eigenvalue weighted by Gasteiger charge is 2.42. The molecule has 1 saturated carbocycles. The van der Waals surface area contributed by atoms with Gasteiger partial charge in [0.05, 0.1) is 4.75 Å². The van der Waals surface area contributed by atoms with E-state index in [1.807, 2.05) is 20.9 Å². The third kappa shape index (κ3) is 3.27. The van der Waals surface area contributed by atoms with Gasteiger partial charge in [-0.3, -0.25) is 0 Å². The van der Waals surface area contributed by atoms with E-state index in [9.17, 15) is 8.42 Å². The molecule has 0 saturated heterocycles. The van der Waals surface area contributed by atoms with Gasteiger partial charge in [-0.1, -0.05) is 26.2 Å². The van der Waals surface area contributed by atoms with Crippen molar-refractivity contribution in [2.24, 2.45) is 11.8 Å². The smallest absolute Gasteiger partial charge is 0.154 e. The number of hydrogen-bond acceptors (Lipinski definition) is 3. The zero-order valence-corrected chi connectivity index (χ0v) is 13.3. The van der Waals surface area contributed by atoms with Gasteiger partial charge in [0.25, 0.3) is 0 Å². The van der Waals surface area contributed by atoms with Crippen molar-refractivity contribution in [2.45, 2.75) is 63.7 Å². The highest BCUT2D eigenvalue weighted by atomic mass is 32.2. The van der Waals surface area contributed by atoms with E-state index in [4.69, 9.17) is 0 Å². The predicted molar refractivity (Wildman–Crippen MR) is 77.5 cm³/mol. The van der Waals surface area contributed by atoms with Crippen molar-refractivity contribution in [3.63, 3.8) is 0 Å². The van der Waals surface area contributed by atoms with Gasteiger partial charge in [-0.15, -0.1) is 0 Å². The van der Waals surface area contributed by atoms with Gasteiger partial charge in [0.15, 0.2) is 9.84 Å². The summed E-state index contributed by atoms with van der Waals surface area (Å²) in [6, 6.07) is 0.0605. The van der Waals surface area contributed by atoms with Gasteiger partial charge in [0.1, 0.15) is 0 Å². The van der Waals surface area contributed by atoms with Crippen LogP contribution < -0.4 is 5.32 Å². The summed E-state index contributed by atoms with van der Waals surface area (Å²) in [6.45, 7) is 5.96. The average molecular weight is 275 g/mol. The molecule has 0 aromatic rings. The summed E-state index contributed by atoms with van der Waals surface area (Å²) in [5, 5.41) is 3.27. The summed E-state index contributed by atoms with van der Waals surface area (Å²) < 4.78 is 23.3. The molecule has 0 spiro atoms. The molecule has 1 rings (SSSR count). The first-order valence-corrected chi connectivity index (χ1v) is 9.00. The maximum atomic E-state index is 12.0. The monoisotopic (exact) mass is 275 g/mol. The summed E-state index contributed by atoms with van der Waals surface area (Å²) in [5.41, 5.74) is 0. The molecule has 1 fully saturated rings. The molecule has 18 heavy (non-hydrogen) atoms. The van der Waals surface area contributed by atoms with Gasteiger partial charge < -0.3 is 5.32 Å². The Hall–Kier alpha value is -0.0900. The van der Waals surface area contributed by atoms with Crippen molar-refractivity contribution in [2.75, 3.05) is 13.3 Å². The lowest BCUT2D eigenvalue weighted by Crippen LogP contribution is -2.54. The van der Waals surface area contributed by atoms with Crippen LogP contribution in [0.15, 0.2) is 0 Å². The van der Waals surface area contributed by atoms with Gasteiger partial charge in [-0.05, 0) is 45.6 Å². The van der Waals surface area contributed by atoms with Crippen LogP contribution in [0.3, 0.4) is 0 Å². The maximum absolute atomic E-state index is 12.0. The van der Waals surface area contributed by atoms with Gasteiger partial charge >= 0.3 is 0 Å². The summed E-state index contributed by atoms with van der Waals surface area (Å²) >= 11 is 0. The van der Waals surface area contributed by atoms with E-state index in [-0.39, 0.29) is 6.04 Å². The SMILES string of the molecule is CCC1CCC(C(NC)C(C)(C)S(C)(=O)=O)CC1. The Morgan fingerprint density at radius 2 is 1.72 bits per heavy atom. The van der Waals surface area contributed by atoms with E-state index in [1.54, 1.807) is 0 Å². The molecule has 0 amide bonds. The third-order valence-electron chi connectivity index (χ3n) is 4.96. The molecule has 4 heteroatoms. The molecule has 0 bridgehead atoms. The molecule has 3 nitrogen and oxygen atoms in total. The van der Waals surface area contributed by atoms with E-state index in [1.165, 1.54) is 25.5 Å². The molecule has 1 N–H and O–H groups in total.